The first-order chi connectivity index (χ1) is 16.9. The summed E-state index contributed by atoms with van der Waals surface area (Å²) in [6.07, 6.45) is 1.65. The van der Waals surface area contributed by atoms with Crippen LogP contribution in [0, 0.1) is 0 Å². The molecule has 0 spiro atoms. The monoisotopic (exact) mass is 485 g/mol. The highest BCUT2D eigenvalue weighted by molar-refractivity contribution is 6.30. The number of phenols is 1. The van der Waals surface area contributed by atoms with Gasteiger partial charge in [0, 0.05) is 34.2 Å². The van der Waals surface area contributed by atoms with Crippen molar-refractivity contribution < 1.29 is 19.4 Å². The molecule has 2 aliphatic heterocycles. The summed E-state index contributed by atoms with van der Waals surface area (Å²) >= 11 is 5.94. The predicted octanol–water partition coefficient (Wildman–Crippen LogP) is 4.98. The Morgan fingerprint density at radius 1 is 1.06 bits per heavy atom. The number of ketones is 1. The first kappa shape index (κ1) is 21.6. The summed E-state index contributed by atoms with van der Waals surface area (Å²) in [5.41, 5.74) is 2.96. The van der Waals surface area contributed by atoms with Crippen molar-refractivity contribution in [1.82, 2.24) is 4.57 Å². The second-order valence-electron chi connectivity index (χ2n) is 8.96. The number of aromatic hydroxyl groups is 1. The van der Waals surface area contributed by atoms with E-state index >= 15 is 0 Å². The number of hydrogen-bond acceptors (Lipinski definition) is 5. The molecule has 2 aliphatic rings. The van der Waals surface area contributed by atoms with Crippen LogP contribution in [0.25, 0.3) is 10.9 Å². The molecule has 1 aromatic heterocycles. The van der Waals surface area contributed by atoms with Crippen LogP contribution in [0.2, 0.25) is 5.02 Å². The number of nitrogens with zero attached hydrogens (tertiary/aromatic N) is 1. The predicted molar refractivity (Wildman–Crippen MR) is 132 cm³/mol. The lowest BCUT2D eigenvalue weighted by atomic mass is 9.83. The van der Waals surface area contributed by atoms with Crippen LogP contribution in [0.1, 0.15) is 51.4 Å². The highest BCUT2D eigenvalue weighted by atomic mass is 35.5. The van der Waals surface area contributed by atoms with E-state index in [1.54, 1.807) is 28.8 Å². The van der Waals surface area contributed by atoms with Gasteiger partial charge in [0.15, 0.2) is 5.78 Å². The van der Waals surface area contributed by atoms with E-state index in [-0.39, 0.29) is 34.6 Å². The minimum absolute atomic E-state index is 0.0681. The van der Waals surface area contributed by atoms with Crippen LogP contribution in [0.3, 0.4) is 0 Å². The number of hydrogen-bond donors (Lipinski definition) is 1. The van der Waals surface area contributed by atoms with Crippen LogP contribution < -0.4 is 10.3 Å². The highest BCUT2D eigenvalue weighted by Gasteiger charge is 2.35. The third-order valence-corrected chi connectivity index (χ3v) is 7.15. The van der Waals surface area contributed by atoms with Gasteiger partial charge in [-0.25, -0.2) is 0 Å². The van der Waals surface area contributed by atoms with Crippen molar-refractivity contribution in [2.45, 2.75) is 31.7 Å². The van der Waals surface area contributed by atoms with Crippen molar-refractivity contribution in [2.75, 3.05) is 0 Å². The molecule has 0 radical (unpaired) electrons. The summed E-state index contributed by atoms with van der Waals surface area (Å²) in [6, 6.07) is 17.1. The smallest absolute Gasteiger partial charge is 0.312 e. The molecule has 0 saturated heterocycles. The zero-order chi connectivity index (χ0) is 24.3. The fourth-order valence-electron chi connectivity index (χ4n) is 5.29. The number of esters is 1. The molecule has 4 aromatic rings. The van der Waals surface area contributed by atoms with Crippen molar-refractivity contribution in [3.63, 3.8) is 0 Å². The molecule has 3 aromatic carbocycles. The van der Waals surface area contributed by atoms with Gasteiger partial charge in [-0.3, -0.25) is 14.4 Å². The number of halogens is 1. The van der Waals surface area contributed by atoms with Crippen LogP contribution in [0.5, 0.6) is 11.5 Å². The van der Waals surface area contributed by atoms with Crippen molar-refractivity contribution in [3.05, 3.63) is 104 Å². The van der Waals surface area contributed by atoms with E-state index in [0.717, 1.165) is 29.3 Å². The van der Waals surface area contributed by atoms with E-state index in [1.165, 1.54) is 12.1 Å². The summed E-state index contributed by atoms with van der Waals surface area (Å²) in [5, 5.41) is 12.7. The number of rotatable bonds is 3. The molecule has 6 rings (SSSR count). The number of ether oxygens (including phenoxy) is 1. The van der Waals surface area contributed by atoms with Crippen molar-refractivity contribution in [3.8, 4) is 11.5 Å². The van der Waals surface area contributed by atoms with E-state index in [9.17, 15) is 19.5 Å². The minimum Gasteiger partial charge on any atom is -0.507 e. The van der Waals surface area contributed by atoms with Crippen molar-refractivity contribution in [2.24, 2.45) is 0 Å². The van der Waals surface area contributed by atoms with Gasteiger partial charge in [0.05, 0.1) is 17.5 Å². The Kier molecular flexibility index (Phi) is 5.00. The van der Waals surface area contributed by atoms with Crippen LogP contribution in [-0.2, 0) is 17.8 Å². The lowest BCUT2D eigenvalue weighted by Gasteiger charge is -2.28. The molecular formula is C28H20ClNO5. The first-order valence-electron chi connectivity index (χ1n) is 11.4. The Morgan fingerprint density at radius 3 is 2.66 bits per heavy atom. The number of phenolic OH excluding ortho intramolecular Hbond substituents is 1. The number of para-hydroxylation sites is 1. The van der Waals surface area contributed by atoms with Gasteiger partial charge in [-0.05, 0) is 66.3 Å². The molecule has 0 saturated carbocycles. The second-order valence-corrected chi connectivity index (χ2v) is 9.39. The number of benzene rings is 3. The number of fused-ring (bicyclic) bond motifs is 1. The van der Waals surface area contributed by atoms with E-state index < -0.39 is 17.7 Å². The van der Waals surface area contributed by atoms with Crippen LogP contribution in [0.4, 0.5) is 0 Å². The van der Waals surface area contributed by atoms with E-state index in [0.29, 0.717) is 22.7 Å². The molecule has 174 valence electrons. The fourth-order valence-corrected chi connectivity index (χ4v) is 5.42. The molecule has 7 heteroatoms. The molecule has 1 atom stereocenters. The average Bonchev–Trinajstić information content (AvgIpc) is 2.86. The zero-order valence-electron chi connectivity index (χ0n) is 18.6. The number of aryl methyl sites for hydroxylation is 2. The maximum Gasteiger partial charge on any atom is 0.312 e. The van der Waals surface area contributed by atoms with E-state index in [4.69, 9.17) is 16.3 Å². The quantitative estimate of drug-likeness (QED) is 0.251. The molecule has 6 nitrogen and oxygen atoms in total. The molecule has 0 amide bonds. The molecular weight excluding hydrogens is 466 g/mol. The van der Waals surface area contributed by atoms with Gasteiger partial charge >= 0.3 is 5.97 Å². The zero-order valence-corrected chi connectivity index (χ0v) is 19.3. The Bertz CT molecular complexity index is 1600. The average molecular weight is 486 g/mol. The Balaban J connectivity index is 1.54. The van der Waals surface area contributed by atoms with Gasteiger partial charge in [0.25, 0.3) is 5.56 Å². The molecule has 0 bridgehead atoms. The van der Waals surface area contributed by atoms with Crippen LogP contribution in [0.15, 0.2) is 65.5 Å². The number of carbonyl (C=O) groups is 2. The molecule has 0 aliphatic carbocycles. The maximum atomic E-state index is 13.6. The largest absolute Gasteiger partial charge is 0.507 e. The standard InChI is InChI=1S/C28H20ClNO5/c29-18-8-6-16(7-9-18)26(32)19-10-11-22-24(27(19)33)20(14-23(31)35-22)21-13-17-4-1-3-15-5-2-12-30(25(15)17)28(21)34/h1,3-4,6-11,13,20,33H,2,5,12,14H2/t20-/m1/s1. The summed E-state index contributed by atoms with van der Waals surface area (Å²) in [4.78, 5) is 39.3. The maximum absolute atomic E-state index is 13.6. The lowest BCUT2D eigenvalue weighted by Crippen LogP contribution is -2.31. The third kappa shape index (κ3) is 3.44. The number of carbonyl (C=O) groups excluding carboxylic acids is 2. The second kappa shape index (κ2) is 8.10. The van der Waals surface area contributed by atoms with Gasteiger partial charge in [0.2, 0.25) is 0 Å². The minimum atomic E-state index is -0.740. The SMILES string of the molecule is O=C1C[C@H](c2cc3cccc4c3n(c2=O)CCC4)c2c(ccc(C(=O)c3ccc(Cl)cc3)c2O)O1. The highest BCUT2D eigenvalue weighted by Crippen LogP contribution is 2.45. The van der Waals surface area contributed by atoms with Crippen molar-refractivity contribution >= 4 is 34.3 Å². The van der Waals surface area contributed by atoms with Crippen LogP contribution >= 0.6 is 11.6 Å². The topological polar surface area (TPSA) is 85.6 Å². The van der Waals surface area contributed by atoms with Gasteiger partial charge in [-0.2, -0.15) is 0 Å². The molecule has 0 fully saturated rings. The number of pyridine rings is 1. The first-order valence-corrected chi connectivity index (χ1v) is 11.8. The van der Waals surface area contributed by atoms with Gasteiger partial charge in [0.1, 0.15) is 11.5 Å². The third-order valence-electron chi connectivity index (χ3n) is 6.90. The van der Waals surface area contributed by atoms with Gasteiger partial charge in [-0.15, -0.1) is 0 Å². The molecule has 3 heterocycles. The summed E-state index contributed by atoms with van der Waals surface area (Å²) < 4.78 is 7.17. The van der Waals surface area contributed by atoms with E-state index in [1.807, 2.05) is 24.3 Å². The fraction of sp³-hybridized carbons (Fsp3) is 0.179. The Morgan fingerprint density at radius 2 is 1.86 bits per heavy atom. The molecule has 1 N–H and O–H groups in total. The number of aromatic nitrogens is 1. The van der Waals surface area contributed by atoms with Crippen LogP contribution in [-0.4, -0.2) is 21.4 Å². The Labute approximate surface area is 205 Å². The lowest BCUT2D eigenvalue weighted by molar-refractivity contribution is -0.135. The van der Waals surface area contributed by atoms with E-state index in [2.05, 4.69) is 0 Å². The van der Waals surface area contributed by atoms with Crippen molar-refractivity contribution in [1.29, 1.82) is 0 Å². The normalized spacial score (nSPS) is 16.6. The summed E-state index contributed by atoms with van der Waals surface area (Å²) in [6.45, 7) is 0.589. The summed E-state index contributed by atoms with van der Waals surface area (Å²) in [5.74, 6) is -1.76. The Hall–Kier alpha value is -3.90. The van der Waals surface area contributed by atoms with Gasteiger partial charge < -0.3 is 14.4 Å². The van der Waals surface area contributed by atoms with Gasteiger partial charge in [-0.1, -0.05) is 29.8 Å². The molecule has 0 unspecified atom stereocenters. The summed E-state index contributed by atoms with van der Waals surface area (Å²) in [7, 11) is 0. The molecule has 35 heavy (non-hydrogen) atoms.